The monoisotopic (exact) mass is 348 g/mol. The zero-order chi connectivity index (χ0) is 12.8. The van der Waals surface area contributed by atoms with Crippen molar-refractivity contribution in [1.29, 1.82) is 0 Å². The third-order valence-electron chi connectivity index (χ3n) is 2.83. The molecule has 1 aromatic carbocycles. The van der Waals surface area contributed by atoms with Crippen molar-refractivity contribution in [3.8, 4) is 5.75 Å². The molecular weight excluding hydrogens is 332 g/mol. The predicted octanol–water partition coefficient (Wildman–Crippen LogP) is 2.12. The highest BCUT2D eigenvalue weighted by atomic mass is 79.9. The van der Waals surface area contributed by atoms with Gasteiger partial charge in [-0.25, -0.2) is 0 Å². The summed E-state index contributed by atoms with van der Waals surface area (Å²) in [4.78, 5) is 11.7. The number of benzene rings is 1. The van der Waals surface area contributed by atoms with Gasteiger partial charge in [0.1, 0.15) is 5.75 Å². The first-order valence-corrected chi connectivity index (χ1v) is 6.92. The average Bonchev–Trinajstić information content (AvgIpc) is 2.38. The molecule has 19 heavy (non-hydrogen) atoms. The number of piperidine rings is 1. The maximum atomic E-state index is 11.7. The van der Waals surface area contributed by atoms with Crippen LogP contribution in [0.15, 0.2) is 28.7 Å². The second-order valence-corrected chi connectivity index (χ2v) is 5.27. The van der Waals surface area contributed by atoms with Gasteiger partial charge in [0.05, 0.1) is 0 Å². The Morgan fingerprint density at radius 2 is 2.37 bits per heavy atom. The molecule has 0 saturated carbocycles. The number of carbonyl (C=O) groups is 1. The third kappa shape index (κ3) is 5.80. The number of ether oxygens (including phenoxy) is 1. The Labute approximate surface area is 127 Å². The molecule has 0 bridgehead atoms. The van der Waals surface area contributed by atoms with Crippen LogP contribution in [0.3, 0.4) is 0 Å². The number of hydrogen-bond acceptors (Lipinski definition) is 3. The molecule has 1 aliphatic rings. The first-order valence-electron chi connectivity index (χ1n) is 6.12. The smallest absolute Gasteiger partial charge is 0.258 e. The van der Waals surface area contributed by atoms with E-state index in [0.717, 1.165) is 30.4 Å². The zero-order valence-electron chi connectivity index (χ0n) is 10.5. The van der Waals surface area contributed by atoms with E-state index in [1.54, 1.807) is 0 Å². The summed E-state index contributed by atoms with van der Waals surface area (Å²) in [7, 11) is 0. The van der Waals surface area contributed by atoms with Crippen molar-refractivity contribution in [2.45, 2.75) is 18.9 Å². The molecule has 4 nitrogen and oxygen atoms in total. The fraction of sp³-hybridized carbons (Fsp3) is 0.462. The summed E-state index contributed by atoms with van der Waals surface area (Å²) >= 11 is 3.36. The quantitative estimate of drug-likeness (QED) is 0.875. The van der Waals surface area contributed by atoms with Crippen molar-refractivity contribution >= 4 is 34.2 Å². The van der Waals surface area contributed by atoms with Crippen LogP contribution >= 0.6 is 28.3 Å². The van der Waals surface area contributed by atoms with Gasteiger partial charge in [0.25, 0.3) is 5.91 Å². The second-order valence-electron chi connectivity index (χ2n) is 4.36. The largest absolute Gasteiger partial charge is 0.484 e. The van der Waals surface area contributed by atoms with Crippen molar-refractivity contribution in [2.75, 3.05) is 19.7 Å². The molecular formula is C13H18BrClN2O2. The Hall–Kier alpha value is -0.780. The maximum absolute atomic E-state index is 11.7. The van der Waals surface area contributed by atoms with Gasteiger partial charge in [-0.1, -0.05) is 22.0 Å². The van der Waals surface area contributed by atoms with Gasteiger partial charge in [0.2, 0.25) is 0 Å². The molecule has 0 aromatic heterocycles. The van der Waals surface area contributed by atoms with Gasteiger partial charge in [0.15, 0.2) is 6.61 Å². The van der Waals surface area contributed by atoms with Gasteiger partial charge in [-0.15, -0.1) is 12.4 Å². The molecule has 1 heterocycles. The zero-order valence-corrected chi connectivity index (χ0v) is 12.9. The van der Waals surface area contributed by atoms with Crippen LogP contribution in [0.1, 0.15) is 12.8 Å². The van der Waals surface area contributed by atoms with Crippen LogP contribution in [0, 0.1) is 0 Å². The number of nitrogens with one attached hydrogen (secondary N) is 2. The lowest BCUT2D eigenvalue weighted by molar-refractivity contribution is -0.123. The van der Waals surface area contributed by atoms with Gasteiger partial charge in [-0.05, 0) is 37.6 Å². The van der Waals surface area contributed by atoms with Crippen LogP contribution in [-0.2, 0) is 4.79 Å². The normalized spacial score (nSPS) is 18.3. The van der Waals surface area contributed by atoms with E-state index in [1.807, 2.05) is 24.3 Å². The van der Waals surface area contributed by atoms with Gasteiger partial charge in [-0.3, -0.25) is 4.79 Å². The van der Waals surface area contributed by atoms with Gasteiger partial charge in [-0.2, -0.15) is 0 Å². The molecule has 1 saturated heterocycles. The molecule has 1 atom stereocenters. The van der Waals surface area contributed by atoms with Crippen molar-refractivity contribution in [1.82, 2.24) is 10.6 Å². The highest BCUT2D eigenvalue weighted by Gasteiger charge is 2.15. The SMILES string of the molecule is Cl.O=C(COc1cccc(Br)c1)NC1CCCNC1. The molecule has 6 heteroatoms. The molecule has 1 fully saturated rings. The summed E-state index contributed by atoms with van der Waals surface area (Å²) in [6.07, 6.45) is 2.15. The van der Waals surface area contributed by atoms with Crippen LogP contribution in [-0.4, -0.2) is 31.6 Å². The van der Waals surface area contributed by atoms with Crippen LogP contribution in [0.25, 0.3) is 0 Å². The van der Waals surface area contributed by atoms with E-state index in [4.69, 9.17) is 4.74 Å². The Morgan fingerprint density at radius 1 is 1.53 bits per heavy atom. The minimum atomic E-state index is -0.0660. The lowest BCUT2D eigenvalue weighted by Gasteiger charge is -2.23. The topological polar surface area (TPSA) is 50.4 Å². The summed E-state index contributed by atoms with van der Waals surface area (Å²) in [6, 6.07) is 7.70. The summed E-state index contributed by atoms with van der Waals surface area (Å²) < 4.78 is 6.37. The number of hydrogen-bond donors (Lipinski definition) is 2. The first-order chi connectivity index (χ1) is 8.74. The van der Waals surface area contributed by atoms with Gasteiger partial charge in [0, 0.05) is 17.1 Å². The predicted molar refractivity (Wildman–Crippen MR) is 80.9 cm³/mol. The second kappa shape index (κ2) is 8.40. The Balaban J connectivity index is 0.00000180. The number of halogens is 2. The standard InChI is InChI=1S/C13H17BrN2O2.ClH/c14-10-3-1-5-12(7-10)18-9-13(17)16-11-4-2-6-15-8-11;/h1,3,5,7,11,15H,2,4,6,8-9H2,(H,16,17);1H. The fourth-order valence-electron chi connectivity index (χ4n) is 1.95. The fourth-order valence-corrected chi connectivity index (χ4v) is 2.33. The summed E-state index contributed by atoms with van der Waals surface area (Å²) in [5, 5.41) is 6.23. The van der Waals surface area contributed by atoms with E-state index in [0.29, 0.717) is 5.75 Å². The summed E-state index contributed by atoms with van der Waals surface area (Å²) in [5.74, 6) is 0.630. The van der Waals surface area contributed by atoms with Crippen LogP contribution in [0.2, 0.25) is 0 Å². The molecule has 1 amide bonds. The Kier molecular flexibility index (Phi) is 7.20. The van der Waals surface area contributed by atoms with E-state index in [2.05, 4.69) is 26.6 Å². The molecule has 1 aliphatic heterocycles. The van der Waals surface area contributed by atoms with Crippen molar-refractivity contribution < 1.29 is 9.53 Å². The van der Waals surface area contributed by atoms with Crippen molar-refractivity contribution in [3.05, 3.63) is 28.7 Å². The minimum Gasteiger partial charge on any atom is -0.484 e. The van der Waals surface area contributed by atoms with Crippen molar-refractivity contribution in [2.24, 2.45) is 0 Å². The number of amides is 1. The highest BCUT2D eigenvalue weighted by molar-refractivity contribution is 9.10. The average molecular weight is 350 g/mol. The molecule has 0 radical (unpaired) electrons. The molecule has 1 aromatic rings. The maximum Gasteiger partial charge on any atom is 0.258 e. The minimum absolute atomic E-state index is 0. The third-order valence-corrected chi connectivity index (χ3v) is 3.32. The Morgan fingerprint density at radius 3 is 3.05 bits per heavy atom. The van der Waals surface area contributed by atoms with Crippen LogP contribution in [0.4, 0.5) is 0 Å². The highest BCUT2D eigenvalue weighted by Crippen LogP contribution is 2.17. The first kappa shape index (κ1) is 16.3. The molecule has 2 N–H and O–H groups in total. The molecule has 106 valence electrons. The lowest BCUT2D eigenvalue weighted by atomic mass is 10.1. The summed E-state index contributed by atoms with van der Waals surface area (Å²) in [5.41, 5.74) is 0. The van der Waals surface area contributed by atoms with E-state index in [-0.39, 0.29) is 31.0 Å². The van der Waals surface area contributed by atoms with E-state index >= 15 is 0 Å². The molecule has 2 rings (SSSR count). The molecule has 1 unspecified atom stereocenters. The van der Waals surface area contributed by atoms with Crippen molar-refractivity contribution in [3.63, 3.8) is 0 Å². The van der Waals surface area contributed by atoms with Gasteiger partial charge >= 0.3 is 0 Å². The van der Waals surface area contributed by atoms with Crippen LogP contribution in [0.5, 0.6) is 5.75 Å². The van der Waals surface area contributed by atoms with Gasteiger partial charge < -0.3 is 15.4 Å². The lowest BCUT2D eigenvalue weighted by Crippen LogP contribution is -2.46. The van der Waals surface area contributed by atoms with E-state index < -0.39 is 0 Å². The summed E-state index contributed by atoms with van der Waals surface area (Å²) in [6.45, 7) is 1.95. The molecule has 0 spiro atoms. The van der Waals surface area contributed by atoms with E-state index in [9.17, 15) is 4.79 Å². The molecule has 0 aliphatic carbocycles. The van der Waals surface area contributed by atoms with E-state index in [1.165, 1.54) is 0 Å². The van der Waals surface area contributed by atoms with Crippen LogP contribution < -0.4 is 15.4 Å². The number of rotatable bonds is 4. The number of carbonyl (C=O) groups excluding carboxylic acids is 1. The Bertz CT molecular complexity index is 411.